The number of hydrogen-bond acceptors (Lipinski definition) is 6. The quantitative estimate of drug-likeness (QED) is 0.522. The molecule has 1 saturated heterocycles. The summed E-state index contributed by atoms with van der Waals surface area (Å²) in [5.74, 6) is -0.307. The standard InChI is InChI=1S/C15H14N6O/c16-9-12(13-6-3-4-8-17-13)15(22)11-5-1-2-7-14(11)21-10-18-19-20-21/h1-2,5,7,10,17H,3-4,6,8H2. The lowest BCUT2D eigenvalue weighted by atomic mass is 9.97. The molecular formula is C15H14N6O. The second-order valence-corrected chi connectivity index (χ2v) is 4.95. The Bertz CT molecular complexity index is 749. The smallest absolute Gasteiger partial charge is 0.207 e. The van der Waals surface area contributed by atoms with Crippen molar-refractivity contribution in [3.8, 4) is 11.8 Å². The fourth-order valence-corrected chi connectivity index (χ4v) is 2.49. The first-order valence-corrected chi connectivity index (χ1v) is 7.05. The second kappa shape index (κ2) is 6.18. The number of rotatable bonds is 3. The maximum absolute atomic E-state index is 12.8. The van der Waals surface area contributed by atoms with Gasteiger partial charge in [0.2, 0.25) is 5.78 Å². The first-order chi connectivity index (χ1) is 10.8. The van der Waals surface area contributed by atoms with Crippen molar-refractivity contribution in [3.63, 3.8) is 0 Å². The van der Waals surface area contributed by atoms with Crippen LogP contribution in [0.2, 0.25) is 0 Å². The monoisotopic (exact) mass is 294 g/mol. The molecule has 0 saturated carbocycles. The molecule has 0 bridgehead atoms. The molecule has 0 amide bonds. The molecule has 7 nitrogen and oxygen atoms in total. The number of ketones is 1. The molecule has 0 aliphatic carbocycles. The van der Waals surface area contributed by atoms with Crippen LogP contribution in [0.4, 0.5) is 0 Å². The van der Waals surface area contributed by atoms with Crippen LogP contribution < -0.4 is 5.32 Å². The van der Waals surface area contributed by atoms with Gasteiger partial charge in [-0.3, -0.25) is 4.79 Å². The molecule has 0 spiro atoms. The number of carbonyl (C=O) groups is 1. The molecule has 0 atom stereocenters. The van der Waals surface area contributed by atoms with E-state index in [1.165, 1.54) is 11.0 Å². The maximum atomic E-state index is 12.8. The normalized spacial score (nSPS) is 16.5. The van der Waals surface area contributed by atoms with Gasteiger partial charge >= 0.3 is 0 Å². The summed E-state index contributed by atoms with van der Waals surface area (Å²) in [4.78, 5) is 12.8. The van der Waals surface area contributed by atoms with Crippen molar-refractivity contribution in [1.29, 1.82) is 5.26 Å². The highest BCUT2D eigenvalue weighted by atomic mass is 16.1. The molecule has 0 radical (unpaired) electrons. The van der Waals surface area contributed by atoms with Gasteiger partial charge in [0.15, 0.2) is 0 Å². The highest BCUT2D eigenvalue weighted by molar-refractivity contribution is 6.13. The Morgan fingerprint density at radius 1 is 1.32 bits per heavy atom. The first kappa shape index (κ1) is 13.9. The lowest BCUT2D eigenvalue weighted by Gasteiger charge is -2.18. The van der Waals surface area contributed by atoms with E-state index in [-0.39, 0.29) is 11.4 Å². The zero-order chi connectivity index (χ0) is 15.4. The van der Waals surface area contributed by atoms with Crippen molar-refractivity contribution in [2.75, 3.05) is 6.54 Å². The van der Waals surface area contributed by atoms with E-state index in [9.17, 15) is 10.1 Å². The van der Waals surface area contributed by atoms with Crippen molar-refractivity contribution in [2.24, 2.45) is 0 Å². The van der Waals surface area contributed by atoms with Crippen molar-refractivity contribution in [1.82, 2.24) is 25.5 Å². The Morgan fingerprint density at radius 2 is 2.18 bits per heavy atom. The Morgan fingerprint density at radius 3 is 2.86 bits per heavy atom. The third kappa shape index (κ3) is 2.59. The Labute approximate surface area is 127 Å². The second-order valence-electron chi connectivity index (χ2n) is 4.95. The maximum Gasteiger partial charge on any atom is 0.207 e. The minimum absolute atomic E-state index is 0.167. The molecule has 1 N–H and O–H groups in total. The van der Waals surface area contributed by atoms with E-state index in [2.05, 4.69) is 20.8 Å². The predicted octanol–water partition coefficient (Wildman–Crippen LogP) is 1.40. The van der Waals surface area contributed by atoms with E-state index < -0.39 is 0 Å². The molecule has 110 valence electrons. The van der Waals surface area contributed by atoms with E-state index >= 15 is 0 Å². The molecule has 7 heteroatoms. The number of piperidine rings is 1. The Balaban J connectivity index is 2.04. The number of benzene rings is 1. The van der Waals surface area contributed by atoms with E-state index in [4.69, 9.17) is 0 Å². The molecule has 2 aromatic rings. The fraction of sp³-hybridized carbons (Fsp3) is 0.267. The zero-order valence-electron chi connectivity index (χ0n) is 11.9. The number of allylic oxidation sites excluding steroid dienone is 2. The van der Waals surface area contributed by atoms with Crippen LogP contribution in [0.25, 0.3) is 5.69 Å². The zero-order valence-corrected chi connectivity index (χ0v) is 11.9. The third-order valence-corrected chi connectivity index (χ3v) is 3.58. The number of Topliss-reactive ketones (excluding diaryl/α,β-unsaturated/α-hetero) is 1. The minimum atomic E-state index is -0.307. The van der Waals surface area contributed by atoms with Gasteiger partial charge in [0.05, 0.1) is 5.69 Å². The van der Waals surface area contributed by atoms with Gasteiger partial charge in [-0.25, -0.2) is 0 Å². The van der Waals surface area contributed by atoms with Crippen LogP contribution in [0.1, 0.15) is 29.6 Å². The predicted molar refractivity (Wildman–Crippen MR) is 78.0 cm³/mol. The van der Waals surface area contributed by atoms with E-state index in [0.29, 0.717) is 11.3 Å². The number of hydrogen-bond donors (Lipinski definition) is 1. The van der Waals surface area contributed by atoms with Gasteiger partial charge < -0.3 is 5.32 Å². The average molecular weight is 294 g/mol. The molecule has 3 rings (SSSR count). The third-order valence-electron chi connectivity index (χ3n) is 3.58. The van der Waals surface area contributed by atoms with Crippen LogP contribution in [-0.2, 0) is 0 Å². The minimum Gasteiger partial charge on any atom is -0.387 e. The number of nitriles is 1. The number of aromatic nitrogens is 4. The molecule has 1 aromatic heterocycles. The number of tetrazole rings is 1. The summed E-state index contributed by atoms with van der Waals surface area (Å²) >= 11 is 0. The number of carbonyl (C=O) groups excluding carboxylic acids is 1. The van der Waals surface area contributed by atoms with Crippen molar-refractivity contribution >= 4 is 5.78 Å². The highest BCUT2D eigenvalue weighted by Crippen LogP contribution is 2.21. The molecule has 1 aliphatic heterocycles. The van der Waals surface area contributed by atoms with Gasteiger partial charge in [-0.15, -0.1) is 5.10 Å². The van der Waals surface area contributed by atoms with Gasteiger partial charge in [-0.1, -0.05) is 12.1 Å². The lowest BCUT2D eigenvalue weighted by molar-refractivity contribution is 0.103. The van der Waals surface area contributed by atoms with Gasteiger partial charge in [0.25, 0.3) is 0 Å². The van der Waals surface area contributed by atoms with E-state index in [1.807, 2.05) is 6.07 Å². The van der Waals surface area contributed by atoms with Crippen molar-refractivity contribution < 1.29 is 4.79 Å². The van der Waals surface area contributed by atoms with Crippen LogP contribution in [0.15, 0.2) is 41.9 Å². The summed E-state index contributed by atoms with van der Waals surface area (Å²) in [5, 5.41) is 23.6. The number of para-hydroxylation sites is 1. The van der Waals surface area contributed by atoms with E-state index in [1.54, 1.807) is 24.3 Å². The molecule has 22 heavy (non-hydrogen) atoms. The molecule has 1 aromatic carbocycles. The van der Waals surface area contributed by atoms with Crippen molar-refractivity contribution in [2.45, 2.75) is 19.3 Å². The van der Waals surface area contributed by atoms with Crippen LogP contribution in [0, 0.1) is 11.3 Å². The summed E-state index contributed by atoms with van der Waals surface area (Å²) in [6.07, 6.45) is 4.18. The van der Waals surface area contributed by atoms with E-state index in [0.717, 1.165) is 31.5 Å². The largest absolute Gasteiger partial charge is 0.387 e. The van der Waals surface area contributed by atoms with Gasteiger partial charge in [0, 0.05) is 17.8 Å². The lowest BCUT2D eigenvalue weighted by Crippen LogP contribution is -2.24. The summed E-state index contributed by atoms with van der Waals surface area (Å²) in [5.41, 5.74) is 1.86. The highest BCUT2D eigenvalue weighted by Gasteiger charge is 2.22. The molecule has 2 heterocycles. The van der Waals surface area contributed by atoms with Crippen molar-refractivity contribution in [3.05, 3.63) is 47.4 Å². The fourth-order valence-electron chi connectivity index (χ4n) is 2.49. The molecular weight excluding hydrogens is 280 g/mol. The van der Waals surface area contributed by atoms with Crippen LogP contribution in [-0.4, -0.2) is 32.5 Å². The van der Waals surface area contributed by atoms with Gasteiger partial charge in [-0.2, -0.15) is 9.94 Å². The SMILES string of the molecule is N#CC(C(=O)c1ccccc1-n1cnnn1)=C1CCCCN1. The Kier molecular flexibility index (Phi) is 3.92. The van der Waals surface area contributed by atoms with Gasteiger partial charge in [-0.05, 0) is 41.8 Å². The van der Waals surface area contributed by atoms with Crippen LogP contribution in [0.5, 0.6) is 0 Å². The molecule has 1 fully saturated rings. The summed E-state index contributed by atoms with van der Waals surface area (Å²) in [6.45, 7) is 0.794. The summed E-state index contributed by atoms with van der Waals surface area (Å²) < 4.78 is 1.42. The average Bonchev–Trinajstić information content (AvgIpc) is 3.11. The Hall–Kier alpha value is -3.01. The number of nitrogens with one attached hydrogen (secondary N) is 1. The molecule has 0 unspecified atom stereocenters. The number of nitrogens with zero attached hydrogens (tertiary/aromatic N) is 5. The topological polar surface area (TPSA) is 96.5 Å². The molecule has 1 aliphatic rings. The van der Waals surface area contributed by atoms with Gasteiger partial charge in [0.1, 0.15) is 18.0 Å². The van der Waals surface area contributed by atoms with Crippen LogP contribution in [0.3, 0.4) is 0 Å². The first-order valence-electron chi connectivity index (χ1n) is 7.05. The summed E-state index contributed by atoms with van der Waals surface area (Å²) in [6, 6.07) is 9.03. The summed E-state index contributed by atoms with van der Waals surface area (Å²) in [7, 11) is 0. The van der Waals surface area contributed by atoms with Crippen LogP contribution >= 0.6 is 0 Å².